The zero-order chi connectivity index (χ0) is 11.6. The van der Waals surface area contributed by atoms with E-state index < -0.39 is 28.0 Å². The van der Waals surface area contributed by atoms with Crippen molar-refractivity contribution in [2.24, 2.45) is 0 Å². The molecule has 1 rings (SSSR count). The zero-order valence-corrected chi connectivity index (χ0v) is 8.43. The molecule has 0 N–H and O–H groups in total. The molecule has 0 saturated carbocycles. The molecule has 0 atom stereocenters. The highest BCUT2D eigenvalue weighted by molar-refractivity contribution is 6.43. The summed E-state index contributed by atoms with van der Waals surface area (Å²) >= 11 is 11.0. The van der Waals surface area contributed by atoms with Gasteiger partial charge in [0.1, 0.15) is 5.02 Å². The number of halogens is 4. The fourth-order valence-corrected chi connectivity index (χ4v) is 1.22. The molecule has 15 heavy (non-hydrogen) atoms. The third kappa shape index (κ3) is 2.66. The van der Waals surface area contributed by atoms with Crippen LogP contribution in [-0.4, -0.2) is 11.5 Å². The van der Waals surface area contributed by atoms with Gasteiger partial charge in [0.2, 0.25) is 5.75 Å². The van der Waals surface area contributed by atoms with E-state index in [1.54, 1.807) is 0 Å². The first-order chi connectivity index (χ1) is 6.93. The first kappa shape index (κ1) is 11.9. The first-order valence-electron chi connectivity index (χ1n) is 3.50. The maximum Gasteiger partial charge on any atom is 0.387 e. The van der Waals surface area contributed by atoms with E-state index in [0.29, 0.717) is 0 Å². The Morgan fingerprint density at radius 2 is 2.00 bits per heavy atom. The largest absolute Gasteiger partial charge is 0.426 e. The van der Waals surface area contributed by atoms with E-state index >= 15 is 0 Å². The quantitative estimate of drug-likeness (QED) is 0.615. The van der Waals surface area contributed by atoms with Gasteiger partial charge in [-0.15, -0.1) is 0 Å². The summed E-state index contributed by atoms with van der Waals surface area (Å²) in [5, 5.41) is 9.94. The lowest BCUT2D eigenvalue weighted by Crippen LogP contribution is -2.05. The van der Waals surface area contributed by atoms with Crippen molar-refractivity contribution in [3.05, 3.63) is 32.3 Å². The summed E-state index contributed by atoms with van der Waals surface area (Å²) < 4.78 is 27.8. The lowest BCUT2D eigenvalue weighted by molar-refractivity contribution is -0.386. The molecule has 0 heterocycles. The molecule has 0 aliphatic rings. The fraction of sp³-hybridized carbons (Fsp3) is 0.143. The molecule has 0 fully saturated rings. The van der Waals surface area contributed by atoms with Gasteiger partial charge in [0, 0.05) is 6.07 Å². The Bertz CT molecular complexity index is 400. The first-order valence-corrected chi connectivity index (χ1v) is 4.26. The van der Waals surface area contributed by atoms with Crippen molar-refractivity contribution < 1.29 is 18.4 Å². The van der Waals surface area contributed by atoms with E-state index in [1.165, 1.54) is 0 Å². The van der Waals surface area contributed by atoms with Crippen LogP contribution in [0, 0.1) is 10.1 Å². The molecule has 0 radical (unpaired) electrons. The van der Waals surface area contributed by atoms with Crippen LogP contribution in [0.4, 0.5) is 14.5 Å². The third-order valence-electron chi connectivity index (χ3n) is 1.43. The van der Waals surface area contributed by atoms with Gasteiger partial charge in [-0.1, -0.05) is 23.2 Å². The molecule has 0 aliphatic carbocycles. The number of hydrogen-bond donors (Lipinski definition) is 0. The van der Waals surface area contributed by atoms with Gasteiger partial charge in [-0.3, -0.25) is 10.1 Å². The molecule has 1 aromatic rings. The monoisotopic (exact) mass is 257 g/mol. The zero-order valence-electron chi connectivity index (χ0n) is 6.92. The van der Waals surface area contributed by atoms with Crippen LogP contribution in [0.15, 0.2) is 12.1 Å². The van der Waals surface area contributed by atoms with Crippen LogP contribution in [-0.2, 0) is 0 Å². The van der Waals surface area contributed by atoms with Gasteiger partial charge in [0.25, 0.3) is 0 Å². The fourth-order valence-electron chi connectivity index (χ4n) is 0.867. The Kier molecular flexibility index (Phi) is 3.65. The molecule has 0 spiro atoms. The Hall–Kier alpha value is -1.14. The van der Waals surface area contributed by atoms with Crippen molar-refractivity contribution in [2.45, 2.75) is 6.61 Å². The average molecular weight is 258 g/mol. The Labute approximate surface area is 92.5 Å². The minimum atomic E-state index is -3.21. The van der Waals surface area contributed by atoms with Crippen molar-refractivity contribution in [1.29, 1.82) is 0 Å². The third-order valence-corrected chi connectivity index (χ3v) is 2.22. The van der Waals surface area contributed by atoms with Crippen molar-refractivity contribution >= 4 is 28.9 Å². The summed E-state index contributed by atoms with van der Waals surface area (Å²) in [6, 6.07) is 2.06. The van der Waals surface area contributed by atoms with Gasteiger partial charge >= 0.3 is 12.3 Å². The van der Waals surface area contributed by atoms with E-state index in [-0.39, 0.29) is 5.02 Å². The molecule has 0 aliphatic heterocycles. The average Bonchev–Trinajstić information content (AvgIpc) is 2.12. The SMILES string of the molecule is O=[N+]([O-])c1ccc(Cl)c(Cl)c1OC(F)F. The number of alkyl halides is 2. The minimum absolute atomic E-state index is 0.0992. The van der Waals surface area contributed by atoms with Crippen LogP contribution >= 0.6 is 23.2 Å². The predicted molar refractivity (Wildman–Crippen MR) is 49.7 cm³/mol. The van der Waals surface area contributed by atoms with Gasteiger partial charge in [-0.2, -0.15) is 8.78 Å². The normalized spacial score (nSPS) is 10.5. The molecular weight excluding hydrogens is 255 g/mol. The standard InChI is InChI=1S/C7H3Cl2F2NO3/c8-3-1-2-4(12(13)14)6(5(3)9)15-7(10)11/h1-2,7H. The molecule has 0 bridgehead atoms. The molecular formula is C7H3Cl2F2NO3. The number of nitrogens with zero attached hydrogens (tertiary/aromatic N) is 1. The van der Waals surface area contributed by atoms with Gasteiger partial charge in [-0.25, -0.2) is 0 Å². The second-order valence-electron chi connectivity index (χ2n) is 2.35. The van der Waals surface area contributed by atoms with Gasteiger partial charge < -0.3 is 4.74 Å². The maximum absolute atomic E-state index is 11.9. The number of benzene rings is 1. The number of ether oxygens (including phenoxy) is 1. The molecule has 8 heteroatoms. The summed E-state index contributed by atoms with van der Waals surface area (Å²) in [5.41, 5.74) is -0.662. The Balaban J connectivity index is 3.28. The van der Waals surface area contributed by atoms with Crippen LogP contribution in [0.5, 0.6) is 5.75 Å². The molecule has 0 saturated heterocycles. The predicted octanol–water partition coefficient (Wildman–Crippen LogP) is 3.50. The second kappa shape index (κ2) is 4.59. The highest BCUT2D eigenvalue weighted by Gasteiger charge is 2.23. The van der Waals surface area contributed by atoms with Gasteiger partial charge in [0.05, 0.1) is 9.95 Å². The topological polar surface area (TPSA) is 52.4 Å². The van der Waals surface area contributed by atoms with Crippen molar-refractivity contribution in [2.75, 3.05) is 0 Å². The molecule has 82 valence electrons. The summed E-state index contributed by atoms with van der Waals surface area (Å²) in [6.07, 6.45) is 0. The second-order valence-corrected chi connectivity index (χ2v) is 3.13. The highest BCUT2D eigenvalue weighted by Crippen LogP contribution is 2.40. The van der Waals surface area contributed by atoms with E-state index in [1.807, 2.05) is 0 Å². The molecule has 4 nitrogen and oxygen atoms in total. The van der Waals surface area contributed by atoms with Gasteiger partial charge in [-0.05, 0) is 6.07 Å². The van der Waals surface area contributed by atoms with Crippen LogP contribution in [0.2, 0.25) is 10.0 Å². The number of hydrogen-bond acceptors (Lipinski definition) is 3. The number of rotatable bonds is 3. The molecule has 0 unspecified atom stereocenters. The van der Waals surface area contributed by atoms with Crippen molar-refractivity contribution in [1.82, 2.24) is 0 Å². The summed E-state index contributed by atoms with van der Waals surface area (Å²) in [6.45, 7) is -3.21. The summed E-state index contributed by atoms with van der Waals surface area (Å²) in [4.78, 5) is 9.56. The molecule has 1 aromatic carbocycles. The Morgan fingerprint density at radius 1 is 1.40 bits per heavy atom. The van der Waals surface area contributed by atoms with Crippen LogP contribution in [0.25, 0.3) is 0 Å². The van der Waals surface area contributed by atoms with E-state index in [2.05, 4.69) is 4.74 Å². The highest BCUT2D eigenvalue weighted by atomic mass is 35.5. The maximum atomic E-state index is 11.9. The minimum Gasteiger partial charge on any atom is -0.426 e. The molecule has 0 amide bonds. The van der Waals surface area contributed by atoms with Crippen molar-refractivity contribution in [3.8, 4) is 5.75 Å². The summed E-state index contributed by atoms with van der Waals surface area (Å²) in [5.74, 6) is -0.732. The van der Waals surface area contributed by atoms with E-state index in [0.717, 1.165) is 12.1 Å². The van der Waals surface area contributed by atoms with Crippen LogP contribution < -0.4 is 4.74 Å². The smallest absolute Gasteiger partial charge is 0.387 e. The van der Waals surface area contributed by atoms with E-state index in [9.17, 15) is 18.9 Å². The Morgan fingerprint density at radius 3 is 2.47 bits per heavy atom. The van der Waals surface area contributed by atoms with Crippen LogP contribution in [0.3, 0.4) is 0 Å². The van der Waals surface area contributed by atoms with Crippen LogP contribution in [0.1, 0.15) is 0 Å². The lowest BCUT2D eigenvalue weighted by Gasteiger charge is -2.07. The lowest BCUT2D eigenvalue weighted by atomic mass is 10.3. The molecule has 0 aromatic heterocycles. The van der Waals surface area contributed by atoms with Crippen molar-refractivity contribution in [3.63, 3.8) is 0 Å². The number of nitro groups is 1. The van der Waals surface area contributed by atoms with Gasteiger partial charge in [0.15, 0.2) is 0 Å². The number of nitro benzene ring substituents is 1. The van der Waals surface area contributed by atoms with E-state index in [4.69, 9.17) is 23.2 Å². The summed E-state index contributed by atoms with van der Waals surface area (Å²) in [7, 11) is 0.